The summed E-state index contributed by atoms with van der Waals surface area (Å²) in [7, 11) is -10.8. The smallest absolute Gasteiger partial charge is 0.822 e. The van der Waals surface area contributed by atoms with Gasteiger partial charge < -0.3 is 43.6 Å². The van der Waals surface area contributed by atoms with Crippen LogP contribution in [0.3, 0.4) is 0 Å². The van der Waals surface area contributed by atoms with Crippen molar-refractivity contribution in [3.05, 3.63) is 0 Å². The van der Waals surface area contributed by atoms with Crippen molar-refractivity contribution in [1.82, 2.24) is 0 Å². The second-order valence-electron chi connectivity index (χ2n) is 1.21. The summed E-state index contributed by atoms with van der Waals surface area (Å²) in [5.74, 6) is 0. The largest absolute Gasteiger partial charge is 2.00 e. The third-order valence-corrected chi connectivity index (χ3v) is 0. The Hall–Kier alpha value is 2.05. The molecule has 16 heavy (non-hydrogen) atoms. The summed E-state index contributed by atoms with van der Waals surface area (Å²) in [6.07, 6.45) is 0. The number of hydrogen-bond donors (Lipinski definition) is 1. The molecule has 0 unspecified atom stereocenters. The molecule has 0 heterocycles. The van der Waals surface area contributed by atoms with Crippen LogP contribution in [-0.2, 0) is 67.6 Å². The second kappa shape index (κ2) is 19.4. The Balaban J connectivity index is -0.0000000220. The van der Waals surface area contributed by atoms with Gasteiger partial charge in [-0.1, -0.05) is 0 Å². The summed E-state index contributed by atoms with van der Waals surface area (Å²) < 4.78 is 17.1. The Morgan fingerprint density at radius 3 is 0.812 bits per heavy atom. The molecule has 0 rings (SSSR count). The van der Waals surface area contributed by atoms with Crippen molar-refractivity contribution in [2.24, 2.45) is 0 Å². The van der Waals surface area contributed by atoms with Gasteiger partial charge in [0.15, 0.2) is 0 Å². The van der Waals surface area contributed by atoms with E-state index in [0.717, 1.165) is 0 Å². The Morgan fingerprint density at radius 2 is 0.812 bits per heavy atom. The predicted molar refractivity (Wildman–Crippen MR) is 28.0 cm³/mol. The van der Waals surface area contributed by atoms with Gasteiger partial charge in [-0.3, -0.25) is 0 Å². The maximum absolute atomic E-state index is 8.55. The standard InChI is InChI=1S/C2H6O.2H3O4P.3Zn/c1-2-3;2*1-5(2,3)4;;;/h3H,2H2,1H3;2*(H3,1,2,3,4);;;/q;;;3*+2/p-6. The summed E-state index contributed by atoms with van der Waals surface area (Å²) in [6, 6.07) is 0. The van der Waals surface area contributed by atoms with E-state index in [2.05, 4.69) is 0 Å². The molecular weight excluding hydrogens is 426 g/mol. The molecule has 0 atom stereocenters. The van der Waals surface area contributed by atoms with Crippen LogP contribution in [0.5, 0.6) is 0 Å². The summed E-state index contributed by atoms with van der Waals surface area (Å²) in [6.45, 7) is 1.93. The third-order valence-electron chi connectivity index (χ3n) is 0. The quantitative estimate of drug-likeness (QED) is 0.287. The average molecular weight is 432 g/mol. The maximum Gasteiger partial charge on any atom is 2.00 e. The van der Waals surface area contributed by atoms with Crippen LogP contribution in [0.2, 0.25) is 0 Å². The zero-order valence-electron chi connectivity index (χ0n) is 8.44. The number of aliphatic hydroxyl groups excluding tert-OH is 1. The molecule has 0 fully saturated rings. The van der Waals surface area contributed by atoms with Crippen LogP contribution in [0.15, 0.2) is 0 Å². The van der Waals surface area contributed by atoms with Gasteiger partial charge in [0.05, 0.1) is 0 Å². The van der Waals surface area contributed by atoms with Gasteiger partial charge in [0.25, 0.3) is 0 Å². The van der Waals surface area contributed by atoms with Crippen LogP contribution < -0.4 is 29.4 Å². The van der Waals surface area contributed by atoms with E-state index in [1.54, 1.807) is 6.92 Å². The van der Waals surface area contributed by atoms with Gasteiger partial charge in [0.2, 0.25) is 0 Å². The van der Waals surface area contributed by atoms with E-state index in [1.807, 2.05) is 0 Å². The first-order valence-corrected chi connectivity index (χ1v) is 5.41. The molecule has 0 aromatic rings. The van der Waals surface area contributed by atoms with E-state index in [-0.39, 0.29) is 65.0 Å². The summed E-state index contributed by atoms with van der Waals surface area (Å²) in [5, 5.41) is 7.57. The van der Waals surface area contributed by atoms with Crippen LogP contribution in [0.4, 0.5) is 0 Å². The van der Waals surface area contributed by atoms with Crippen molar-refractivity contribution in [2.45, 2.75) is 6.92 Å². The van der Waals surface area contributed by atoms with Crippen molar-refractivity contribution >= 4 is 15.6 Å². The van der Waals surface area contributed by atoms with E-state index in [0.29, 0.717) is 0 Å². The molecule has 0 aromatic heterocycles. The van der Waals surface area contributed by atoms with Crippen molar-refractivity contribution in [2.75, 3.05) is 6.61 Å². The first-order valence-electron chi connectivity index (χ1n) is 2.48. The molecule has 0 bridgehead atoms. The van der Waals surface area contributed by atoms with Gasteiger partial charge >= 0.3 is 58.4 Å². The van der Waals surface area contributed by atoms with Gasteiger partial charge in [-0.15, -0.1) is 0 Å². The molecule has 0 saturated carbocycles. The number of phosphoric acid groups is 2. The Bertz CT molecular complexity index is 151. The zero-order chi connectivity index (χ0) is 11.7. The van der Waals surface area contributed by atoms with Crippen LogP contribution in [0.25, 0.3) is 0 Å². The normalized spacial score (nSPS) is 8.50. The predicted octanol–water partition coefficient (Wildman–Crippen LogP) is -5.66. The first kappa shape index (κ1) is 36.1. The maximum atomic E-state index is 8.55. The molecule has 0 aliphatic rings. The Labute approximate surface area is 130 Å². The molecule has 1 N–H and O–H groups in total. The molecule has 0 spiro atoms. The van der Waals surface area contributed by atoms with Crippen molar-refractivity contribution in [3.8, 4) is 0 Å². The van der Waals surface area contributed by atoms with E-state index in [9.17, 15) is 0 Å². The van der Waals surface area contributed by atoms with Crippen molar-refractivity contribution in [3.63, 3.8) is 0 Å². The number of rotatable bonds is 0. The molecule has 0 aliphatic heterocycles. The van der Waals surface area contributed by atoms with Gasteiger partial charge in [0.1, 0.15) is 0 Å². The molecule has 0 saturated heterocycles. The van der Waals surface area contributed by atoms with E-state index in [1.165, 1.54) is 0 Å². The molecule has 84 valence electrons. The minimum atomic E-state index is -5.39. The topological polar surface area (TPSA) is 193 Å². The van der Waals surface area contributed by atoms with E-state index < -0.39 is 15.6 Å². The number of aliphatic hydroxyl groups is 1. The minimum absolute atomic E-state index is 0. The SMILES string of the molecule is CCO.O=P([O-])([O-])[O-].O=P([O-])([O-])[O-].[Zn+2].[Zn+2].[Zn+2]. The Kier molecular flexibility index (Phi) is 43.8. The molecular formula is C2H6O9P2Zn3. The van der Waals surface area contributed by atoms with Crippen molar-refractivity contribution in [1.29, 1.82) is 0 Å². The van der Waals surface area contributed by atoms with Crippen LogP contribution in [-0.4, -0.2) is 11.7 Å². The summed E-state index contributed by atoms with van der Waals surface area (Å²) >= 11 is 0. The van der Waals surface area contributed by atoms with Crippen molar-refractivity contribution < 1.29 is 102 Å². The van der Waals surface area contributed by atoms with Gasteiger partial charge in [-0.2, -0.15) is 15.6 Å². The fraction of sp³-hybridized carbons (Fsp3) is 1.00. The zero-order valence-corrected chi connectivity index (χ0v) is 19.1. The fourth-order valence-corrected chi connectivity index (χ4v) is 0. The van der Waals surface area contributed by atoms with Gasteiger partial charge in [0, 0.05) is 6.61 Å². The first-order chi connectivity index (χ1) is 5.41. The fourth-order valence-electron chi connectivity index (χ4n) is 0. The molecule has 14 heteroatoms. The molecule has 0 radical (unpaired) electrons. The van der Waals surface area contributed by atoms with E-state index in [4.69, 9.17) is 43.6 Å². The Morgan fingerprint density at radius 1 is 0.812 bits per heavy atom. The minimum Gasteiger partial charge on any atom is -0.822 e. The van der Waals surface area contributed by atoms with Gasteiger partial charge in [-0.25, -0.2) is 0 Å². The second-order valence-corrected chi connectivity index (χ2v) is 3.00. The monoisotopic (exact) mass is 428 g/mol. The molecule has 0 amide bonds. The number of hydrogen-bond acceptors (Lipinski definition) is 9. The van der Waals surface area contributed by atoms with E-state index >= 15 is 0 Å². The molecule has 0 aliphatic carbocycles. The average Bonchev–Trinajstić information content (AvgIpc) is 1.52. The third kappa shape index (κ3) is 865. The summed E-state index contributed by atoms with van der Waals surface area (Å²) in [5.41, 5.74) is 0. The van der Waals surface area contributed by atoms with Crippen LogP contribution in [0.1, 0.15) is 6.92 Å². The molecule has 0 aromatic carbocycles. The molecule has 9 nitrogen and oxygen atoms in total. The summed E-state index contributed by atoms with van der Waals surface area (Å²) in [4.78, 5) is 51.3. The van der Waals surface area contributed by atoms with Crippen LogP contribution in [0, 0.1) is 0 Å². The van der Waals surface area contributed by atoms with Crippen LogP contribution >= 0.6 is 15.6 Å². The van der Waals surface area contributed by atoms with Gasteiger partial charge in [-0.05, 0) is 6.92 Å².